The maximum Gasteiger partial charge on any atom is 0.227 e. The second-order valence-electron chi connectivity index (χ2n) is 8.18. The Labute approximate surface area is 158 Å². The zero-order valence-electron chi connectivity index (χ0n) is 15.9. The van der Waals surface area contributed by atoms with Gasteiger partial charge in [0.25, 0.3) is 0 Å². The number of amides is 1. The second-order valence-corrected chi connectivity index (χ2v) is 8.18. The van der Waals surface area contributed by atoms with Crippen molar-refractivity contribution in [2.75, 3.05) is 6.54 Å². The van der Waals surface area contributed by atoms with Crippen LogP contribution in [0.2, 0.25) is 0 Å². The van der Waals surface area contributed by atoms with Gasteiger partial charge in [0.1, 0.15) is 0 Å². The van der Waals surface area contributed by atoms with E-state index in [-0.39, 0.29) is 5.91 Å². The lowest BCUT2D eigenvalue weighted by Gasteiger charge is -2.35. The molecule has 0 saturated heterocycles. The van der Waals surface area contributed by atoms with Crippen LogP contribution in [0.3, 0.4) is 0 Å². The molecule has 1 amide bonds. The van der Waals surface area contributed by atoms with E-state index in [0.29, 0.717) is 19.0 Å². The molecule has 1 aliphatic heterocycles. The van der Waals surface area contributed by atoms with Crippen molar-refractivity contribution in [1.29, 1.82) is 0 Å². The van der Waals surface area contributed by atoms with Gasteiger partial charge in [0.05, 0.1) is 30.4 Å². The number of fused-ring (bicyclic) bond motifs is 2. The van der Waals surface area contributed by atoms with Crippen LogP contribution in [0.4, 0.5) is 0 Å². The summed E-state index contributed by atoms with van der Waals surface area (Å²) in [6.07, 6.45) is 5.66. The zero-order valence-corrected chi connectivity index (χ0v) is 15.9. The van der Waals surface area contributed by atoms with Crippen molar-refractivity contribution in [3.63, 3.8) is 0 Å². The molecule has 1 aromatic carbocycles. The lowest BCUT2D eigenvalue weighted by molar-refractivity contribution is -0.131. The molecule has 0 bridgehead atoms. The van der Waals surface area contributed by atoms with Gasteiger partial charge in [-0.25, -0.2) is 4.68 Å². The van der Waals surface area contributed by atoms with E-state index in [1.54, 1.807) is 0 Å². The second kappa shape index (κ2) is 6.22. The van der Waals surface area contributed by atoms with Crippen molar-refractivity contribution in [2.45, 2.75) is 45.2 Å². The van der Waals surface area contributed by atoms with Gasteiger partial charge in [-0.15, -0.1) is 5.10 Å². The monoisotopic (exact) mass is 363 g/mol. The van der Waals surface area contributed by atoms with Crippen LogP contribution >= 0.6 is 0 Å². The Morgan fingerprint density at radius 2 is 2.07 bits per heavy atom. The minimum atomic E-state index is 0.187. The highest BCUT2D eigenvalue weighted by Gasteiger charge is 2.33. The summed E-state index contributed by atoms with van der Waals surface area (Å²) in [5.41, 5.74) is 4.49. The van der Waals surface area contributed by atoms with Gasteiger partial charge in [0.15, 0.2) is 0 Å². The topological polar surface area (TPSA) is 56.0 Å². The Kier molecular flexibility index (Phi) is 3.81. The molecule has 5 rings (SSSR count). The molecule has 1 fully saturated rings. The van der Waals surface area contributed by atoms with Gasteiger partial charge in [0.2, 0.25) is 5.91 Å². The van der Waals surface area contributed by atoms with E-state index in [9.17, 15) is 4.79 Å². The molecule has 6 nitrogen and oxygen atoms in total. The molecular formula is C21H25N5O. The highest BCUT2D eigenvalue weighted by Crippen LogP contribution is 2.38. The Balaban J connectivity index is 1.35. The van der Waals surface area contributed by atoms with Crippen molar-refractivity contribution in [2.24, 2.45) is 13.0 Å². The van der Waals surface area contributed by atoms with Crippen LogP contribution in [-0.4, -0.2) is 36.9 Å². The van der Waals surface area contributed by atoms with E-state index in [1.165, 1.54) is 23.7 Å². The summed E-state index contributed by atoms with van der Waals surface area (Å²) >= 11 is 0. The number of benzene rings is 1. The number of nitrogens with zero attached hydrogens (tertiary/aromatic N) is 5. The van der Waals surface area contributed by atoms with Crippen LogP contribution in [0.5, 0.6) is 0 Å². The standard InChI is InChI=1S/C21H25N5O/c1-14-9-16(10-14)26-20-13-25(8-7-18(20)22-23-26)21(27)11-15-12-24(2)19-6-4-3-5-17(15)19/h3-6,12,14,16H,7-11,13H2,1-2H3. The molecule has 3 aromatic rings. The number of carbonyl (C=O) groups excluding carboxylic acids is 1. The highest BCUT2D eigenvalue weighted by atomic mass is 16.2. The number of aryl methyl sites for hydroxylation is 1. The van der Waals surface area contributed by atoms with Crippen LogP contribution in [-0.2, 0) is 31.2 Å². The van der Waals surface area contributed by atoms with E-state index in [4.69, 9.17) is 0 Å². The van der Waals surface area contributed by atoms with Gasteiger partial charge in [-0.3, -0.25) is 4.79 Å². The first-order valence-corrected chi connectivity index (χ1v) is 9.84. The molecule has 0 atom stereocenters. The summed E-state index contributed by atoms with van der Waals surface area (Å²) in [5.74, 6) is 0.953. The van der Waals surface area contributed by atoms with Gasteiger partial charge >= 0.3 is 0 Å². The van der Waals surface area contributed by atoms with Crippen LogP contribution in [0.15, 0.2) is 30.5 Å². The third kappa shape index (κ3) is 2.74. The first-order valence-electron chi connectivity index (χ1n) is 9.84. The van der Waals surface area contributed by atoms with Gasteiger partial charge in [0, 0.05) is 37.1 Å². The summed E-state index contributed by atoms with van der Waals surface area (Å²) < 4.78 is 4.19. The Hall–Kier alpha value is -2.63. The van der Waals surface area contributed by atoms with Crippen molar-refractivity contribution in [3.05, 3.63) is 47.4 Å². The molecule has 27 heavy (non-hydrogen) atoms. The molecule has 140 valence electrons. The molecule has 1 saturated carbocycles. The molecule has 0 N–H and O–H groups in total. The Bertz CT molecular complexity index is 1010. The normalized spacial score (nSPS) is 21.9. The summed E-state index contributed by atoms with van der Waals surface area (Å²) in [7, 11) is 2.04. The maximum atomic E-state index is 13.0. The molecule has 0 spiro atoms. The van der Waals surface area contributed by atoms with Crippen molar-refractivity contribution < 1.29 is 4.79 Å². The Morgan fingerprint density at radius 1 is 1.26 bits per heavy atom. The summed E-state index contributed by atoms with van der Waals surface area (Å²) in [6, 6.07) is 8.73. The van der Waals surface area contributed by atoms with E-state index in [1.807, 2.05) is 24.1 Å². The zero-order chi connectivity index (χ0) is 18.5. The minimum absolute atomic E-state index is 0.187. The number of hydrogen-bond donors (Lipinski definition) is 0. The molecule has 3 heterocycles. The molecule has 0 unspecified atom stereocenters. The minimum Gasteiger partial charge on any atom is -0.350 e. The number of aromatic nitrogens is 4. The van der Waals surface area contributed by atoms with Crippen LogP contribution in [0.1, 0.15) is 42.8 Å². The summed E-state index contributed by atoms with van der Waals surface area (Å²) in [6.45, 7) is 3.65. The number of carbonyl (C=O) groups is 1. The first-order chi connectivity index (χ1) is 13.1. The largest absolute Gasteiger partial charge is 0.350 e. The first kappa shape index (κ1) is 16.5. The maximum absolute atomic E-state index is 13.0. The molecular weight excluding hydrogens is 338 g/mol. The highest BCUT2D eigenvalue weighted by molar-refractivity contribution is 5.89. The summed E-state index contributed by atoms with van der Waals surface area (Å²) in [5, 5.41) is 9.95. The fourth-order valence-electron chi connectivity index (χ4n) is 4.61. The fraction of sp³-hybridized carbons (Fsp3) is 0.476. The van der Waals surface area contributed by atoms with Gasteiger partial charge in [-0.2, -0.15) is 0 Å². The number of rotatable bonds is 3. The van der Waals surface area contributed by atoms with Crippen molar-refractivity contribution in [3.8, 4) is 0 Å². The van der Waals surface area contributed by atoms with Crippen molar-refractivity contribution in [1.82, 2.24) is 24.5 Å². The van der Waals surface area contributed by atoms with Crippen LogP contribution in [0.25, 0.3) is 10.9 Å². The fourth-order valence-corrected chi connectivity index (χ4v) is 4.61. The lowest BCUT2D eigenvalue weighted by atomic mass is 9.82. The molecule has 2 aromatic heterocycles. The quantitative estimate of drug-likeness (QED) is 0.719. The Morgan fingerprint density at radius 3 is 2.89 bits per heavy atom. The predicted octanol–water partition coefficient (Wildman–Crippen LogP) is 2.87. The molecule has 6 heteroatoms. The average molecular weight is 363 g/mol. The average Bonchev–Trinajstić information content (AvgIpc) is 3.20. The smallest absolute Gasteiger partial charge is 0.227 e. The molecule has 2 aliphatic rings. The van der Waals surface area contributed by atoms with Gasteiger partial charge in [-0.05, 0) is 30.4 Å². The van der Waals surface area contributed by atoms with E-state index in [2.05, 4.69) is 44.8 Å². The van der Waals surface area contributed by atoms with Gasteiger partial charge < -0.3 is 9.47 Å². The third-order valence-corrected chi connectivity index (χ3v) is 6.20. The van der Waals surface area contributed by atoms with Crippen LogP contribution in [0, 0.1) is 5.92 Å². The number of para-hydroxylation sites is 1. The molecule has 0 radical (unpaired) electrons. The summed E-state index contributed by atoms with van der Waals surface area (Å²) in [4.78, 5) is 15.0. The SMILES string of the molecule is CC1CC(n2nnc3c2CN(C(=O)Cc2cn(C)c4ccccc24)CC3)C1. The van der Waals surface area contributed by atoms with E-state index < -0.39 is 0 Å². The van der Waals surface area contributed by atoms with Crippen molar-refractivity contribution >= 4 is 16.8 Å². The van der Waals surface area contributed by atoms with E-state index in [0.717, 1.165) is 35.8 Å². The number of hydrogen-bond acceptors (Lipinski definition) is 3. The van der Waals surface area contributed by atoms with Gasteiger partial charge in [-0.1, -0.05) is 30.3 Å². The molecule has 1 aliphatic carbocycles. The lowest BCUT2D eigenvalue weighted by Crippen LogP contribution is -2.38. The predicted molar refractivity (Wildman–Crippen MR) is 103 cm³/mol. The third-order valence-electron chi connectivity index (χ3n) is 6.20. The van der Waals surface area contributed by atoms with E-state index >= 15 is 0 Å². The van der Waals surface area contributed by atoms with Crippen LogP contribution < -0.4 is 0 Å².